The van der Waals surface area contributed by atoms with Crippen molar-refractivity contribution in [2.45, 2.75) is 64.3 Å². The molecule has 0 bridgehead atoms. The summed E-state index contributed by atoms with van der Waals surface area (Å²) in [5.41, 5.74) is 3.96. The molecule has 4 aromatic rings. The lowest BCUT2D eigenvalue weighted by molar-refractivity contribution is -0.121. The van der Waals surface area contributed by atoms with Gasteiger partial charge in [0.05, 0.1) is 32.1 Å². The lowest BCUT2D eigenvalue weighted by Gasteiger charge is -2.20. The molecule has 0 spiro atoms. The van der Waals surface area contributed by atoms with Gasteiger partial charge in [0.25, 0.3) is 0 Å². The van der Waals surface area contributed by atoms with Crippen LogP contribution in [-0.4, -0.2) is 71.1 Å². The number of nitrogens with zero attached hydrogens (tertiary/aromatic N) is 5. The van der Waals surface area contributed by atoms with Crippen LogP contribution in [0.15, 0.2) is 72.8 Å². The SMILES string of the molecule is CNCCOCCNC(=O)CCCCn1nnc(C(C)(C)CCCCOc2cc(-c3ccccc3)cc(-c3ccccc3)n2)n1. The Morgan fingerprint density at radius 2 is 1.58 bits per heavy atom. The number of carbonyl (C=O) groups is 1. The van der Waals surface area contributed by atoms with E-state index < -0.39 is 0 Å². The molecule has 2 heterocycles. The standard InChI is InChI=1S/C35H47N7O3/c1-35(2,34-39-41-42(40-34)22-12-10-18-32(43)37-21-25-44-24-20-36-3)19-11-13-23-45-33-27-30(28-14-6-4-7-15-28)26-31(38-33)29-16-8-5-9-17-29/h4-9,14-17,26-27,36H,10-13,18-25H2,1-3H3,(H,37,43). The summed E-state index contributed by atoms with van der Waals surface area (Å²) in [5.74, 6) is 1.41. The minimum Gasteiger partial charge on any atom is -0.478 e. The Morgan fingerprint density at radius 3 is 2.33 bits per heavy atom. The summed E-state index contributed by atoms with van der Waals surface area (Å²) in [7, 11) is 1.88. The summed E-state index contributed by atoms with van der Waals surface area (Å²) in [6.07, 6.45) is 4.81. The molecule has 0 atom stereocenters. The van der Waals surface area contributed by atoms with E-state index in [1.165, 1.54) is 0 Å². The van der Waals surface area contributed by atoms with Crippen molar-refractivity contribution in [3.63, 3.8) is 0 Å². The Kier molecular flexibility index (Phi) is 13.5. The molecule has 0 fully saturated rings. The molecular weight excluding hydrogens is 566 g/mol. The third kappa shape index (κ3) is 11.4. The van der Waals surface area contributed by atoms with Gasteiger partial charge in [-0.05, 0) is 61.6 Å². The maximum Gasteiger partial charge on any atom is 0.220 e. The van der Waals surface area contributed by atoms with Crippen molar-refractivity contribution in [1.29, 1.82) is 0 Å². The van der Waals surface area contributed by atoms with Crippen molar-refractivity contribution in [3.8, 4) is 28.3 Å². The zero-order valence-corrected chi connectivity index (χ0v) is 26.9. The highest BCUT2D eigenvalue weighted by Gasteiger charge is 2.25. The Labute approximate surface area is 266 Å². The zero-order chi connectivity index (χ0) is 31.7. The van der Waals surface area contributed by atoms with Gasteiger partial charge in [-0.15, -0.1) is 10.2 Å². The number of ether oxygens (including phenoxy) is 2. The first kappa shape index (κ1) is 33.7. The summed E-state index contributed by atoms with van der Waals surface area (Å²) < 4.78 is 11.6. The second-order valence-corrected chi connectivity index (χ2v) is 11.7. The van der Waals surface area contributed by atoms with E-state index in [2.05, 4.69) is 70.2 Å². The quantitative estimate of drug-likeness (QED) is 0.126. The number of rotatable bonds is 20. The Morgan fingerprint density at radius 1 is 0.844 bits per heavy atom. The highest BCUT2D eigenvalue weighted by Crippen LogP contribution is 2.29. The monoisotopic (exact) mass is 613 g/mol. The molecule has 0 saturated heterocycles. The van der Waals surface area contributed by atoms with Crippen molar-refractivity contribution in [2.75, 3.05) is 40.0 Å². The predicted octanol–water partition coefficient (Wildman–Crippen LogP) is 5.45. The van der Waals surface area contributed by atoms with E-state index in [0.717, 1.165) is 66.9 Å². The minimum atomic E-state index is -0.209. The first-order valence-corrected chi connectivity index (χ1v) is 16.0. The molecule has 2 N–H and O–H groups in total. The molecule has 240 valence electrons. The minimum absolute atomic E-state index is 0.0425. The Balaban J connectivity index is 1.18. The van der Waals surface area contributed by atoms with Crippen LogP contribution in [0.2, 0.25) is 0 Å². The van der Waals surface area contributed by atoms with Crippen LogP contribution in [0.4, 0.5) is 0 Å². The molecule has 4 rings (SSSR count). The molecule has 0 saturated carbocycles. The number of aromatic nitrogens is 5. The number of tetrazole rings is 1. The summed E-state index contributed by atoms with van der Waals surface area (Å²) in [4.78, 5) is 18.5. The highest BCUT2D eigenvalue weighted by atomic mass is 16.5. The fourth-order valence-corrected chi connectivity index (χ4v) is 4.87. The van der Waals surface area contributed by atoms with Crippen molar-refractivity contribution < 1.29 is 14.3 Å². The van der Waals surface area contributed by atoms with Crippen LogP contribution in [0, 0.1) is 0 Å². The Hall–Kier alpha value is -4.15. The predicted molar refractivity (Wildman–Crippen MR) is 177 cm³/mol. The van der Waals surface area contributed by atoms with E-state index in [1.807, 2.05) is 49.5 Å². The lowest BCUT2D eigenvalue weighted by atomic mass is 9.86. The maximum atomic E-state index is 12.0. The van der Waals surface area contributed by atoms with E-state index in [1.54, 1.807) is 4.80 Å². The van der Waals surface area contributed by atoms with Gasteiger partial charge in [-0.1, -0.05) is 74.5 Å². The molecular formula is C35H47N7O3. The van der Waals surface area contributed by atoms with Gasteiger partial charge in [-0.2, -0.15) is 4.80 Å². The van der Waals surface area contributed by atoms with Crippen molar-refractivity contribution in [2.24, 2.45) is 0 Å². The van der Waals surface area contributed by atoms with Crippen molar-refractivity contribution in [3.05, 3.63) is 78.6 Å². The third-order valence-corrected chi connectivity index (χ3v) is 7.56. The zero-order valence-electron chi connectivity index (χ0n) is 26.9. The van der Waals surface area contributed by atoms with Crippen LogP contribution in [0.25, 0.3) is 22.4 Å². The van der Waals surface area contributed by atoms with Gasteiger partial charge < -0.3 is 20.1 Å². The molecule has 0 unspecified atom stereocenters. The van der Waals surface area contributed by atoms with Gasteiger partial charge in [0, 0.05) is 36.6 Å². The number of likely N-dealkylation sites (N-methyl/N-ethyl adjacent to an activating group) is 1. The molecule has 10 nitrogen and oxygen atoms in total. The Bertz CT molecular complexity index is 1370. The fourth-order valence-electron chi connectivity index (χ4n) is 4.87. The molecule has 2 aromatic carbocycles. The van der Waals surface area contributed by atoms with Crippen LogP contribution in [0.5, 0.6) is 5.88 Å². The van der Waals surface area contributed by atoms with Gasteiger partial charge in [-0.3, -0.25) is 4.79 Å². The molecule has 0 aliphatic heterocycles. The number of amides is 1. The van der Waals surface area contributed by atoms with Gasteiger partial charge in [0.15, 0.2) is 5.82 Å². The number of benzene rings is 2. The van der Waals surface area contributed by atoms with E-state index in [9.17, 15) is 4.79 Å². The molecule has 0 radical (unpaired) electrons. The van der Waals surface area contributed by atoms with Crippen molar-refractivity contribution >= 4 is 5.91 Å². The molecule has 45 heavy (non-hydrogen) atoms. The lowest BCUT2D eigenvalue weighted by Crippen LogP contribution is -2.28. The van der Waals surface area contributed by atoms with E-state index in [-0.39, 0.29) is 11.3 Å². The van der Waals surface area contributed by atoms with E-state index >= 15 is 0 Å². The van der Waals surface area contributed by atoms with Crippen LogP contribution >= 0.6 is 0 Å². The van der Waals surface area contributed by atoms with Gasteiger partial charge in [0.1, 0.15) is 0 Å². The normalized spacial score (nSPS) is 11.4. The molecule has 10 heteroatoms. The highest BCUT2D eigenvalue weighted by molar-refractivity contribution is 5.75. The summed E-state index contributed by atoms with van der Waals surface area (Å²) in [5, 5.41) is 19.1. The van der Waals surface area contributed by atoms with Crippen LogP contribution in [0.1, 0.15) is 58.2 Å². The average molecular weight is 614 g/mol. The van der Waals surface area contributed by atoms with Gasteiger partial charge in [0.2, 0.25) is 11.8 Å². The largest absolute Gasteiger partial charge is 0.478 e. The number of unbranched alkanes of at least 4 members (excludes halogenated alkanes) is 2. The first-order chi connectivity index (χ1) is 21.9. The summed E-state index contributed by atoms with van der Waals surface area (Å²) in [6.45, 7) is 8.02. The number of carbonyl (C=O) groups excluding carboxylic acids is 1. The number of nitrogens with one attached hydrogen (secondary N) is 2. The molecule has 0 aliphatic rings. The summed E-state index contributed by atoms with van der Waals surface area (Å²) in [6, 6.07) is 24.6. The fraction of sp³-hybridized carbons (Fsp3) is 0.457. The summed E-state index contributed by atoms with van der Waals surface area (Å²) >= 11 is 0. The molecule has 1 amide bonds. The van der Waals surface area contributed by atoms with Crippen LogP contribution in [0.3, 0.4) is 0 Å². The van der Waals surface area contributed by atoms with E-state index in [0.29, 0.717) is 45.2 Å². The number of hydrogen-bond donors (Lipinski definition) is 2. The topological polar surface area (TPSA) is 116 Å². The van der Waals surface area contributed by atoms with Crippen LogP contribution in [-0.2, 0) is 21.5 Å². The number of hydrogen-bond acceptors (Lipinski definition) is 8. The molecule has 2 aromatic heterocycles. The third-order valence-electron chi connectivity index (χ3n) is 7.56. The van der Waals surface area contributed by atoms with Gasteiger partial charge in [-0.25, -0.2) is 4.98 Å². The molecule has 0 aliphatic carbocycles. The maximum absolute atomic E-state index is 12.0. The number of pyridine rings is 1. The van der Waals surface area contributed by atoms with E-state index in [4.69, 9.17) is 14.5 Å². The number of aryl methyl sites for hydroxylation is 1. The smallest absolute Gasteiger partial charge is 0.220 e. The average Bonchev–Trinajstić information content (AvgIpc) is 3.55. The second kappa shape index (κ2) is 18.0. The first-order valence-electron chi connectivity index (χ1n) is 16.0. The van der Waals surface area contributed by atoms with Crippen LogP contribution < -0.4 is 15.4 Å². The second-order valence-electron chi connectivity index (χ2n) is 11.7. The van der Waals surface area contributed by atoms with Crippen molar-refractivity contribution in [1.82, 2.24) is 35.8 Å². The van der Waals surface area contributed by atoms with Gasteiger partial charge >= 0.3 is 0 Å².